The smallest absolute Gasteiger partial charge is 0.408 e. The van der Waals surface area contributed by atoms with Crippen molar-refractivity contribution in [3.63, 3.8) is 0 Å². The monoisotopic (exact) mass is 356 g/mol. The second-order valence-corrected chi connectivity index (χ2v) is 7.16. The van der Waals surface area contributed by atoms with E-state index in [1.807, 2.05) is 6.92 Å². The molecular formula is C17H28N2O6. The van der Waals surface area contributed by atoms with Gasteiger partial charge in [0.15, 0.2) is 5.54 Å². The number of ether oxygens (including phenoxy) is 2. The first kappa shape index (κ1) is 18.4. The standard InChI is InChI=1S/C17H28N2O6/c1-2-7-16(12-5-3-10-24-12)17(14(20)21,13-6-4-11-25-13)19(15(22)23)9-8-18-16/h12-13,18H,2-11H2,1H3,(H,20,21)(H,22,23). The molecule has 1 amide bonds. The minimum atomic E-state index is -1.68. The quantitative estimate of drug-likeness (QED) is 0.681. The first-order chi connectivity index (χ1) is 12.0. The molecule has 25 heavy (non-hydrogen) atoms. The Labute approximate surface area is 147 Å². The lowest BCUT2D eigenvalue weighted by Crippen LogP contribution is -2.85. The van der Waals surface area contributed by atoms with Crippen LogP contribution in [0.1, 0.15) is 45.4 Å². The highest BCUT2D eigenvalue weighted by Crippen LogP contribution is 2.47. The van der Waals surface area contributed by atoms with E-state index in [2.05, 4.69) is 5.32 Å². The van der Waals surface area contributed by atoms with Crippen LogP contribution in [0.3, 0.4) is 0 Å². The molecule has 0 aromatic rings. The van der Waals surface area contributed by atoms with Gasteiger partial charge in [-0.15, -0.1) is 0 Å². The number of carboxylic acid groups (broad SMARTS) is 2. The molecule has 3 aliphatic rings. The highest BCUT2D eigenvalue weighted by Gasteiger charge is 2.70. The predicted octanol–water partition coefficient (Wildman–Crippen LogP) is 1.29. The van der Waals surface area contributed by atoms with Crippen LogP contribution < -0.4 is 5.32 Å². The molecular weight excluding hydrogens is 328 g/mol. The van der Waals surface area contributed by atoms with Crippen LogP contribution in [0.5, 0.6) is 0 Å². The van der Waals surface area contributed by atoms with Crippen LogP contribution in [0.25, 0.3) is 0 Å². The van der Waals surface area contributed by atoms with Gasteiger partial charge >= 0.3 is 12.1 Å². The molecule has 0 aliphatic carbocycles. The Balaban J connectivity index is 2.20. The Kier molecular flexibility index (Phi) is 5.22. The average molecular weight is 356 g/mol. The first-order valence-corrected chi connectivity index (χ1v) is 9.23. The lowest BCUT2D eigenvalue weighted by molar-refractivity contribution is -0.188. The number of carboxylic acids is 1. The summed E-state index contributed by atoms with van der Waals surface area (Å²) >= 11 is 0. The van der Waals surface area contributed by atoms with Gasteiger partial charge in [0.2, 0.25) is 0 Å². The normalized spacial score (nSPS) is 38.8. The minimum absolute atomic E-state index is 0.125. The van der Waals surface area contributed by atoms with Crippen molar-refractivity contribution in [2.75, 3.05) is 26.3 Å². The number of aliphatic carboxylic acids is 1. The molecule has 3 rings (SSSR count). The van der Waals surface area contributed by atoms with Crippen molar-refractivity contribution in [2.24, 2.45) is 0 Å². The molecule has 0 radical (unpaired) electrons. The summed E-state index contributed by atoms with van der Waals surface area (Å²) in [6.45, 7) is 3.56. The average Bonchev–Trinajstić information content (AvgIpc) is 3.28. The third kappa shape index (κ3) is 2.62. The maximum Gasteiger partial charge on any atom is 0.408 e. The van der Waals surface area contributed by atoms with Crippen LogP contribution >= 0.6 is 0 Å². The molecule has 3 N–H and O–H groups in total. The molecule has 0 spiro atoms. The molecule has 3 saturated heterocycles. The molecule has 0 aromatic carbocycles. The summed E-state index contributed by atoms with van der Waals surface area (Å²) in [6.07, 6.45) is 1.87. The molecule has 0 bridgehead atoms. The summed E-state index contributed by atoms with van der Waals surface area (Å²) in [5.41, 5.74) is -2.67. The van der Waals surface area contributed by atoms with Gasteiger partial charge in [-0.05, 0) is 32.1 Å². The van der Waals surface area contributed by atoms with E-state index < -0.39 is 29.2 Å². The highest BCUT2D eigenvalue weighted by molar-refractivity contribution is 5.87. The van der Waals surface area contributed by atoms with Crippen molar-refractivity contribution < 1.29 is 29.3 Å². The van der Waals surface area contributed by atoms with Gasteiger partial charge in [0, 0.05) is 26.3 Å². The van der Waals surface area contributed by atoms with Crippen molar-refractivity contribution in [3.05, 3.63) is 0 Å². The van der Waals surface area contributed by atoms with Crippen molar-refractivity contribution in [2.45, 2.75) is 68.7 Å². The maximum absolute atomic E-state index is 12.7. The highest BCUT2D eigenvalue weighted by atomic mass is 16.5. The number of rotatable bonds is 5. The Morgan fingerprint density at radius 3 is 2.28 bits per heavy atom. The third-order valence-electron chi connectivity index (χ3n) is 5.96. The van der Waals surface area contributed by atoms with E-state index in [1.54, 1.807) is 0 Å². The molecule has 4 atom stereocenters. The number of carbonyl (C=O) groups is 2. The van der Waals surface area contributed by atoms with Gasteiger partial charge in [-0.3, -0.25) is 4.90 Å². The number of hydrogen-bond donors (Lipinski definition) is 3. The number of piperazine rings is 1. The predicted molar refractivity (Wildman–Crippen MR) is 88.7 cm³/mol. The van der Waals surface area contributed by atoms with Crippen LogP contribution in [-0.4, -0.2) is 76.8 Å². The summed E-state index contributed by atoms with van der Waals surface area (Å²) in [6, 6.07) is 0. The van der Waals surface area contributed by atoms with Gasteiger partial charge in [0.05, 0.1) is 17.7 Å². The summed E-state index contributed by atoms with van der Waals surface area (Å²) in [5, 5.41) is 23.7. The number of amides is 1. The summed E-state index contributed by atoms with van der Waals surface area (Å²) < 4.78 is 11.8. The summed E-state index contributed by atoms with van der Waals surface area (Å²) in [4.78, 5) is 25.9. The van der Waals surface area contributed by atoms with Crippen molar-refractivity contribution >= 4 is 12.1 Å². The second-order valence-electron chi connectivity index (χ2n) is 7.16. The van der Waals surface area contributed by atoms with E-state index in [9.17, 15) is 19.8 Å². The van der Waals surface area contributed by atoms with Crippen molar-refractivity contribution in [1.82, 2.24) is 10.2 Å². The van der Waals surface area contributed by atoms with Gasteiger partial charge in [0.25, 0.3) is 0 Å². The zero-order chi connectivity index (χ0) is 18.1. The zero-order valence-corrected chi connectivity index (χ0v) is 14.7. The Morgan fingerprint density at radius 1 is 1.16 bits per heavy atom. The van der Waals surface area contributed by atoms with Crippen molar-refractivity contribution in [1.29, 1.82) is 0 Å². The molecule has 0 aromatic heterocycles. The van der Waals surface area contributed by atoms with Gasteiger partial charge in [-0.25, -0.2) is 9.59 Å². The lowest BCUT2D eigenvalue weighted by Gasteiger charge is -2.59. The van der Waals surface area contributed by atoms with Gasteiger partial charge in [-0.2, -0.15) is 0 Å². The number of nitrogens with zero attached hydrogens (tertiary/aromatic N) is 1. The van der Waals surface area contributed by atoms with E-state index in [0.29, 0.717) is 32.6 Å². The maximum atomic E-state index is 12.7. The van der Waals surface area contributed by atoms with E-state index in [1.165, 1.54) is 0 Å². The van der Waals surface area contributed by atoms with Crippen LogP contribution in [0.4, 0.5) is 4.79 Å². The third-order valence-corrected chi connectivity index (χ3v) is 5.96. The van der Waals surface area contributed by atoms with Crippen LogP contribution in [0, 0.1) is 0 Å². The van der Waals surface area contributed by atoms with E-state index in [-0.39, 0.29) is 12.6 Å². The molecule has 8 nitrogen and oxygen atoms in total. The Bertz CT molecular complexity index is 513. The van der Waals surface area contributed by atoms with Crippen LogP contribution in [-0.2, 0) is 14.3 Å². The summed E-state index contributed by atoms with van der Waals surface area (Å²) in [7, 11) is 0. The largest absolute Gasteiger partial charge is 0.479 e. The number of hydrogen-bond acceptors (Lipinski definition) is 5. The molecule has 4 unspecified atom stereocenters. The molecule has 3 heterocycles. The zero-order valence-electron chi connectivity index (χ0n) is 14.7. The van der Waals surface area contributed by atoms with Crippen LogP contribution in [0.2, 0.25) is 0 Å². The lowest BCUT2D eigenvalue weighted by atomic mass is 9.63. The minimum Gasteiger partial charge on any atom is -0.479 e. The molecule has 3 aliphatic heterocycles. The van der Waals surface area contributed by atoms with Gasteiger partial charge in [-0.1, -0.05) is 13.3 Å². The van der Waals surface area contributed by atoms with E-state index in [4.69, 9.17) is 9.47 Å². The fraction of sp³-hybridized carbons (Fsp3) is 0.882. The Hall–Kier alpha value is -1.38. The fourth-order valence-corrected chi connectivity index (χ4v) is 5.16. The Morgan fingerprint density at radius 2 is 1.80 bits per heavy atom. The molecule has 142 valence electrons. The summed E-state index contributed by atoms with van der Waals surface area (Å²) in [5.74, 6) is -1.14. The van der Waals surface area contributed by atoms with Gasteiger partial charge < -0.3 is 25.0 Å². The SMILES string of the molecule is CCCC1(C2CCCO2)NCCN(C(=O)O)C1(C(=O)O)C1CCCO1. The molecule has 3 fully saturated rings. The van der Waals surface area contributed by atoms with E-state index in [0.717, 1.165) is 30.6 Å². The molecule has 0 saturated carbocycles. The fourth-order valence-electron chi connectivity index (χ4n) is 5.16. The topological polar surface area (TPSA) is 108 Å². The number of nitrogens with one attached hydrogen (secondary N) is 1. The second kappa shape index (κ2) is 7.09. The van der Waals surface area contributed by atoms with E-state index >= 15 is 0 Å². The van der Waals surface area contributed by atoms with Gasteiger partial charge in [0.1, 0.15) is 0 Å². The van der Waals surface area contributed by atoms with Crippen molar-refractivity contribution in [3.8, 4) is 0 Å². The first-order valence-electron chi connectivity index (χ1n) is 9.23. The molecule has 8 heteroatoms. The van der Waals surface area contributed by atoms with Crippen LogP contribution in [0.15, 0.2) is 0 Å².